The molecule has 0 saturated carbocycles. The van der Waals surface area contributed by atoms with Crippen LogP contribution in [0.5, 0.6) is 0 Å². The maximum absolute atomic E-state index is 9.94. The maximum atomic E-state index is 9.94. The van der Waals surface area contributed by atoms with Crippen molar-refractivity contribution in [2.75, 3.05) is 0 Å². The number of hydrogen-bond acceptors (Lipinski definition) is 2. The van der Waals surface area contributed by atoms with Gasteiger partial charge in [-0.2, -0.15) is 5.26 Å². The number of nitrogens with zero attached hydrogens (tertiary/aromatic N) is 4. The molecule has 0 N–H and O–H groups in total. The summed E-state index contributed by atoms with van der Waals surface area (Å²) < 4.78 is 4.65. The summed E-state index contributed by atoms with van der Waals surface area (Å²) in [6.07, 6.45) is 1.88. The average Bonchev–Trinajstić information content (AvgIpc) is 3.52. The number of nitriles is 1. The van der Waals surface area contributed by atoms with Crippen LogP contribution >= 0.6 is 0 Å². The van der Waals surface area contributed by atoms with Crippen LogP contribution in [0.1, 0.15) is 27.8 Å². The molecule has 0 amide bonds. The lowest BCUT2D eigenvalue weighted by Crippen LogP contribution is -2.00. The van der Waals surface area contributed by atoms with Crippen molar-refractivity contribution in [3.05, 3.63) is 137 Å². The van der Waals surface area contributed by atoms with Gasteiger partial charge in [-0.1, -0.05) is 46.5 Å². The van der Waals surface area contributed by atoms with E-state index < -0.39 is 0 Å². The fourth-order valence-electron chi connectivity index (χ4n) is 6.75. The fraction of sp³-hybridized carbons (Fsp3) is 0.100. The van der Waals surface area contributed by atoms with Crippen molar-refractivity contribution in [3.8, 4) is 28.7 Å². The van der Waals surface area contributed by atoms with E-state index in [9.17, 15) is 5.26 Å². The Morgan fingerprint density at radius 2 is 1.00 bits per heavy atom. The van der Waals surface area contributed by atoms with Crippen LogP contribution < -0.4 is 0 Å². The third-order valence-electron chi connectivity index (χ3n) is 8.80. The molecule has 44 heavy (non-hydrogen) atoms. The summed E-state index contributed by atoms with van der Waals surface area (Å²) in [5.74, 6) is 0. The summed E-state index contributed by atoms with van der Waals surface area (Å²) in [6.45, 7) is 8.56. The molecule has 0 radical (unpaired) electrons. The van der Waals surface area contributed by atoms with E-state index in [1.165, 1.54) is 43.8 Å². The van der Waals surface area contributed by atoms with Crippen LogP contribution in [0.2, 0.25) is 0 Å². The first kappa shape index (κ1) is 26.0. The predicted octanol–water partition coefficient (Wildman–Crippen LogP) is 10.0. The van der Waals surface area contributed by atoms with Crippen LogP contribution in [-0.2, 0) is 0 Å². The van der Waals surface area contributed by atoms with Gasteiger partial charge in [0.25, 0.3) is 0 Å². The molecule has 5 aromatic carbocycles. The molecule has 0 bridgehead atoms. The normalized spacial score (nSPS) is 11.6. The molecule has 0 spiro atoms. The van der Waals surface area contributed by atoms with Crippen molar-refractivity contribution < 1.29 is 0 Å². The second-order valence-electron chi connectivity index (χ2n) is 12.0. The third-order valence-corrected chi connectivity index (χ3v) is 8.80. The summed E-state index contributed by atoms with van der Waals surface area (Å²) in [5, 5.41) is 14.9. The number of aromatic nitrogens is 3. The van der Waals surface area contributed by atoms with Gasteiger partial charge in [0.1, 0.15) is 0 Å². The van der Waals surface area contributed by atoms with E-state index >= 15 is 0 Å². The van der Waals surface area contributed by atoms with Gasteiger partial charge in [-0.05, 0) is 107 Å². The number of hydrogen-bond donors (Lipinski definition) is 0. The fourth-order valence-corrected chi connectivity index (χ4v) is 6.75. The molecule has 0 aliphatic rings. The van der Waals surface area contributed by atoms with Crippen molar-refractivity contribution in [3.63, 3.8) is 0 Å². The van der Waals surface area contributed by atoms with E-state index in [0.717, 1.165) is 44.7 Å². The Morgan fingerprint density at radius 1 is 0.523 bits per heavy atom. The number of fused-ring (bicyclic) bond motifs is 6. The molecular weight excluding hydrogens is 536 g/mol. The van der Waals surface area contributed by atoms with Crippen molar-refractivity contribution in [2.45, 2.75) is 27.7 Å². The third kappa shape index (κ3) is 3.94. The molecular formula is C40H30N4. The Labute approximate surface area is 256 Å². The number of benzene rings is 5. The second-order valence-corrected chi connectivity index (χ2v) is 12.0. The van der Waals surface area contributed by atoms with E-state index in [4.69, 9.17) is 4.98 Å². The van der Waals surface area contributed by atoms with Crippen LogP contribution in [0.4, 0.5) is 0 Å². The SMILES string of the molecule is Cc1ccc2c(c1)c1cc(C)ccc1n2-c1ccnc(-c2cc(C#N)ccc2-n2c3ccc(C)cc3c3cc(C)ccc32)c1. The molecule has 0 aliphatic heterocycles. The molecule has 4 nitrogen and oxygen atoms in total. The van der Waals surface area contributed by atoms with Gasteiger partial charge in [0.05, 0.1) is 45.1 Å². The first-order chi connectivity index (χ1) is 21.4. The monoisotopic (exact) mass is 566 g/mol. The highest BCUT2D eigenvalue weighted by Crippen LogP contribution is 2.38. The molecule has 210 valence electrons. The maximum Gasteiger partial charge on any atom is 0.0991 e. The van der Waals surface area contributed by atoms with Crippen LogP contribution in [0.15, 0.2) is 109 Å². The lowest BCUT2D eigenvalue weighted by Gasteiger charge is -2.15. The van der Waals surface area contributed by atoms with Gasteiger partial charge in [0.15, 0.2) is 0 Å². The molecule has 8 rings (SSSR count). The van der Waals surface area contributed by atoms with Crippen molar-refractivity contribution in [2.24, 2.45) is 0 Å². The molecule has 0 saturated heterocycles. The van der Waals surface area contributed by atoms with E-state index in [1.807, 2.05) is 18.3 Å². The Bertz CT molecular complexity index is 2380. The zero-order valence-corrected chi connectivity index (χ0v) is 25.2. The Balaban J connectivity index is 1.41. The van der Waals surface area contributed by atoms with Gasteiger partial charge >= 0.3 is 0 Å². The summed E-state index contributed by atoms with van der Waals surface area (Å²) >= 11 is 0. The van der Waals surface area contributed by atoms with Crippen LogP contribution in [0.25, 0.3) is 66.2 Å². The largest absolute Gasteiger partial charge is 0.309 e. The molecule has 0 unspecified atom stereocenters. The Kier molecular flexibility index (Phi) is 5.73. The number of pyridine rings is 1. The molecule has 0 aliphatic carbocycles. The zero-order valence-electron chi connectivity index (χ0n) is 25.2. The van der Waals surface area contributed by atoms with Gasteiger partial charge < -0.3 is 9.13 Å². The molecule has 0 atom stereocenters. The van der Waals surface area contributed by atoms with Crippen LogP contribution in [-0.4, -0.2) is 14.1 Å². The summed E-state index contributed by atoms with van der Waals surface area (Å²) in [4.78, 5) is 4.91. The van der Waals surface area contributed by atoms with Gasteiger partial charge in [0.2, 0.25) is 0 Å². The van der Waals surface area contributed by atoms with Gasteiger partial charge in [-0.15, -0.1) is 0 Å². The molecule has 3 heterocycles. The summed E-state index contributed by atoms with van der Waals surface area (Å²) in [6, 6.07) is 39.1. The van der Waals surface area contributed by atoms with E-state index in [2.05, 4.69) is 134 Å². The standard InChI is InChI=1S/C40H30N4/c1-24-5-10-36-30(17-24)31-18-25(2)6-11-37(31)43(36)29-15-16-42-35(22-29)34-21-28(23-41)9-14-40(34)44-38-12-7-26(3)19-32(38)33-20-27(4)8-13-39(33)44/h5-22H,1-4H3. The Morgan fingerprint density at radius 3 is 1.48 bits per heavy atom. The first-order valence-electron chi connectivity index (χ1n) is 14.9. The number of aryl methyl sites for hydroxylation is 4. The Hall–Kier alpha value is -5.66. The summed E-state index contributed by atoms with van der Waals surface area (Å²) in [7, 11) is 0. The zero-order chi connectivity index (χ0) is 30.1. The lowest BCUT2D eigenvalue weighted by atomic mass is 10.0. The quantitative estimate of drug-likeness (QED) is 0.214. The molecule has 3 aromatic heterocycles. The minimum Gasteiger partial charge on any atom is -0.309 e. The average molecular weight is 567 g/mol. The molecule has 4 heteroatoms. The van der Waals surface area contributed by atoms with Gasteiger partial charge in [-0.3, -0.25) is 4.98 Å². The van der Waals surface area contributed by atoms with Gasteiger partial charge in [0, 0.05) is 39.0 Å². The topological polar surface area (TPSA) is 46.5 Å². The molecule has 8 aromatic rings. The highest BCUT2D eigenvalue weighted by Gasteiger charge is 2.19. The highest BCUT2D eigenvalue weighted by atomic mass is 15.0. The second kappa shape index (κ2) is 9.69. The van der Waals surface area contributed by atoms with Gasteiger partial charge in [-0.25, -0.2) is 0 Å². The first-order valence-corrected chi connectivity index (χ1v) is 14.9. The minimum absolute atomic E-state index is 0.603. The molecule has 0 fully saturated rings. The van der Waals surface area contributed by atoms with E-state index in [1.54, 1.807) is 0 Å². The number of rotatable bonds is 3. The van der Waals surface area contributed by atoms with Crippen molar-refractivity contribution in [1.29, 1.82) is 5.26 Å². The highest BCUT2D eigenvalue weighted by molar-refractivity contribution is 6.11. The lowest BCUT2D eigenvalue weighted by molar-refractivity contribution is 1.14. The van der Waals surface area contributed by atoms with Crippen molar-refractivity contribution >= 4 is 43.6 Å². The minimum atomic E-state index is 0.603. The van der Waals surface area contributed by atoms with E-state index in [0.29, 0.717) is 5.56 Å². The predicted molar refractivity (Wildman–Crippen MR) is 182 cm³/mol. The van der Waals surface area contributed by atoms with Crippen LogP contribution in [0, 0.1) is 39.0 Å². The smallest absolute Gasteiger partial charge is 0.0991 e. The van der Waals surface area contributed by atoms with Crippen molar-refractivity contribution in [1.82, 2.24) is 14.1 Å². The van der Waals surface area contributed by atoms with E-state index in [-0.39, 0.29) is 0 Å². The summed E-state index contributed by atoms with van der Waals surface area (Å²) in [5.41, 5.74) is 13.9. The van der Waals surface area contributed by atoms with Crippen LogP contribution in [0.3, 0.4) is 0 Å².